The zero-order valence-corrected chi connectivity index (χ0v) is 18.4. The number of aromatic nitrogens is 5. The zero-order chi connectivity index (χ0) is 22.1. The number of pyridine rings is 1. The quantitative estimate of drug-likeness (QED) is 0.385. The molecule has 5 aromatic rings. The number of rotatable bonds is 6. The number of ether oxygens (including phenoxy) is 1. The van der Waals surface area contributed by atoms with Gasteiger partial charge in [-0.25, -0.2) is 15.0 Å². The highest BCUT2D eigenvalue weighted by Crippen LogP contribution is 2.27. The molecule has 0 bridgehead atoms. The molecule has 32 heavy (non-hydrogen) atoms. The first-order valence-corrected chi connectivity index (χ1v) is 10.6. The Kier molecular flexibility index (Phi) is 5.33. The summed E-state index contributed by atoms with van der Waals surface area (Å²) in [6.45, 7) is 2.69. The summed E-state index contributed by atoms with van der Waals surface area (Å²) in [5.41, 5.74) is 3.51. The molecule has 0 unspecified atom stereocenters. The van der Waals surface area contributed by atoms with Gasteiger partial charge in [0.2, 0.25) is 0 Å². The summed E-state index contributed by atoms with van der Waals surface area (Å²) in [7, 11) is 1.66. The van der Waals surface area contributed by atoms with Crippen LogP contribution >= 0.6 is 11.6 Å². The van der Waals surface area contributed by atoms with Gasteiger partial charge in [0.25, 0.3) is 0 Å². The zero-order valence-electron chi connectivity index (χ0n) is 17.7. The van der Waals surface area contributed by atoms with Gasteiger partial charge in [0.1, 0.15) is 17.6 Å². The van der Waals surface area contributed by atoms with E-state index in [1.807, 2.05) is 66.2 Å². The Morgan fingerprint density at radius 1 is 1.06 bits per heavy atom. The fourth-order valence-corrected chi connectivity index (χ4v) is 3.93. The maximum atomic E-state index is 6.27. The van der Waals surface area contributed by atoms with Gasteiger partial charge in [-0.2, -0.15) is 0 Å². The molecular weight excluding hydrogens is 424 g/mol. The second-order valence-corrected chi connectivity index (χ2v) is 7.96. The molecule has 3 aromatic heterocycles. The van der Waals surface area contributed by atoms with Gasteiger partial charge in [-0.1, -0.05) is 35.9 Å². The summed E-state index contributed by atoms with van der Waals surface area (Å²) in [6.07, 6.45) is 5.15. The van der Waals surface area contributed by atoms with E-state index < -0.39 is 0 Å². The van der Waals surface area contributed by atoms with Crippen LogP contribution < -0.4 is 10.1 Å². The predicted molar refractivity (Wildman–Crippen MR) is 126 cm³/mol. The molecule has 0 aliphatic heterocycles. The first-order valence-electron chi connectivity index (χ1n) is 10.2. The first-order chi connectivity index (χ1) is 15.6. The Balaban J connectivity index is 1.41. The third kappa shape index (κ3) is 3.83. The molecule has 0 fully saturated rings. The van der Waals surface area contributed by atoms with Crippen LogP contribution in [0.4, 0.5) is 5.82 Å². The monoisotopic (exact) mass is 444 g/mol. The molecule has 0 aliphatic rings. The molecular formula is C24H21ClN6O. The van der Waals surface area contributed by atoms with Gasteiger partial charge >= 0.3 is 0 Å². The summed E-state index contributed by atoms with van der Waals surface area (Å²) in [5, 5.41) is 6.12. The number of halogens is 1. The van der Waals surface area contributed by atoms with Crippen molar-refractivity contribution < 1.29 is 4.74 Å². The van der Waals surface area contributed by atoms with E-state index in [4.69, 9.17) is 16.3 Å². The lowest BCUT2D eigenvalue weighted by Crippen LogP contribution is -2.10. The van der Waals surface area contributed by atoms with Crippen molar-refractivity contribution in [2.45, 2.75) is 19.5 Å². The van der Waals surface area contributed by atoms with Gasteiger partial charge < -0.3 is 14.6 Å². The molecule has 5 rings (SSSR count). The Morgan fingerprint density at radius 3 is 2.72 bits per heavy atom. The lowest BCUT2D eigenvalue weighted by Gasteiger charge is -2.15. The second kappa shape index (κ2) is 8.43. The molecule has 8 heteroatoms. The predicted octanol–water partition coefficient (Wildman–Crippen LogP) is 5.26. The van der Waals surface area contributed by atoms with Crippen LogP contribution in [0.15, 0.2) is 67.4 Å². The lowest BCUT2D eigenvalue weighted by atomic mass is 10.1. The topological polar surface area (TPSA) is 77.8 Å². The molecule has 0 aliphatic carbocycles. The fourth-order valence-electron chi connectivity index (χ4n) is 3.70. The van der Waals surface area contributed by atoms with E-state index in [1.165, 1.54) is 0 Å². The number of anilines is 1. The van der Waals surface area contributed by atoms with E-state index in [2.05, 4.69) is 25.3 Å². The molecule has 0 amide bonds. The minimum atomic E-state index is -0.0804. The highest BCUT2D eigenvalue weighted by atomic mass is 35.5. The van der Waals surface area contributed by atoms with Crippen molar-refractivity contribution in [2.24, 2.45) is 0 Å². The Labute approximate surface area is 190 Å². The highest BCUT2D eigenvalue weighted by Gasteiger charge is 2.15. The van der Waals surface area contributed by atoms with Crippen LogP contribution in [0.2, 0.25) is 5.02 Å². The SMILES string of the molecule is COc1ccc(Cn2cnc3c(N[C@@H](C)c4cc5cccc(Cl)c5cn4)ncnc32)cc1. The average molecular weight is 445 g/mol. The maximum absolute atomic E-state index is 6.27. The third-order valence-corrected chi connectivity index (χ3v) is 5.77. The minimum Gasteiger partial charge on any atom is -0.497 e. The standard InChI is InChI=1S/C24H21ClN6O/c1-15(21-10-17-4-3-5-20(25)19(17)11-26-21)30-23-22-24(28-13-27-23)31(14-29-22)12-16-6-8-18(32-2)9-7-16/h3-11,13-15H,12H2,1-2H3,(H,27,28,30)/t15-/m0/s1. The number of nitrogens with one attached hydrogen (secondary N) is 1. The normalized spacial score (nSPS) is 12.2. The number of fused-ring (bicyclic) bond motifs is 2. The van der Waals surface area contributed by atoms with Crippen molar-refractivity contribution in [3.8, 4) is 5.75 Å². The van der Waals surface area contributed by atoms with Crippen molar-refractivity contribution >= 4 is 39.4 Å². The summed E-state index contributed by atoms with van der Waals surface area (Å²) < 4.78 is 7.24. The van der Waals surface area contributed by atoms with Crippen LogP contribution in [-0.2, 0) is 6.54 Å². The molecule has 0 saturated carbocycles. The van der Waals surface area contributed by atoms with Crippen LogP contribution in [-0.4, -0.2) is 31.6 Å². The number of methoxy groups -OCH3 is 1. The maximum Gasteiger partial charge on any atom is 0.165 e. The Morgan fingerprint density at radius 2 is 1.91 bits per heavy atom. The molecule has 0 spiro atoms. The third-order valence-electron chi connectivity index (χ3n) is 5.44. The van der Waals surface area contributed by atoms with E-state index in [9.17, 15) is 0 Å². The molecule has 0 saturated heterocycles. The number of hydrogen-bond acceptors (Lipinski definition) is 6. The van der Waals surface area contributed by atoms with Crippen LogP contribution in [0.25, 0.3) is 21.9 Å². The van der Waals surface area contributed by atoms with E-state index in [0.29, 0.717) is 17.4 Å². The average Bonchev–Trinajstić information content (AvgIpc) is 3.23. The molecule has 7 nitrogen and oxygen atoms in total. The van der Waals surface area contributed by atoms with Crippen molar-refractivity contribution in [1.29, 1.82) is 0 Å². The molecule has 160 valence electrons. The number of benzene rings is 2. The minimum absolute atomic E-state index is 0.0804. The molecule has 2 aromatic carbocycles. The van der Waals surface area contributed by atoms with E-state index in [-0.39, 0.29) is 6.04 Å². The van der Waals surface area contributed by atoms with Crippen molar-refractivity contribution in [3.63, 3.8) is 0 Å². The molecule has 1 atom stereocenters. The summed E-state index contributed by atoms with van der Waals surface area (Å²) in [4.78, 5) is 18.0. The molecule has 3 heterocycles. The van der Waals surface area contributed by atoms with Crippen molar-refractivity contribution in [2.75, 3.05) is 12.4 Å². The van der Waals surface area contributed by atoms with E-state index in [1.54, 1.807) is 19.8 Å². The van der Waals surface area contributed by atoms with Gasteiger partial charge in [0.15, 0.2) is 11.5 Å². The smallest absolute Gasteiger partial charge is 0.165 e. The van der Waals surface area contributed by atoms with Crippen LogP contribution in [0.1, 0.15) is 24.2 Å². The Bertz CT molecular complexity index is 1400. The summed E-state index contributed by atoms with van der Waals surface area (Å²) in [6, 6.07) is 15.8. The largest absolute Gasteiger partial charge is 0.497 e. The summed E-state index contributed by atoms with van der Waals surface area (Å²) >= 11 is 6.27. The number of nitrogens with zero attached hydrogens (tertiary/aromatic N) is 5. The van der Waals surface area contributed by atoms with Crippen LogP contribution in [0, 0.1) is 0 Å². The van der Waals surface area contributed by atoms with E-state index >= 15 is 0 Å². The van der Waals surface area contributed by atoms with Gasteiger partial charge in [0.05, 0.1) is 31.7 Å². The lowest BCUT2D eigenvalue weighted by molar-refractivity contribution is 0.414. The van der Waals surface area contributed by atoms with Gasteiger partial charge in [-0.15, -0.1) is 0 Å². The van der Waals surface area contributed by atoms with Gasteiger partial charge in [-0.3, -0.25) is 4.98 Å². The van der Waals surface area contributed by atoms with E-state index in [0.717, 1.165) is 38.9 Å². The molecule has 0 radical (unpaired) electrons. The summed E-state index contributed by atoms with van der Waals surface area (Å²) in [5.74, 6) is 1.50. The number of imidazole rings is 1. The first kappa shape index (κ1) is 20.2. The van der Waals surface area contributed by atoms with Crippen LogP contribution in [0.5, 0.6) is 5.75 Å². The number of hydrogen-bond donors (Lipinski definition) is 1. The molecule has 1 N–H and O–H groups in total. The van der Waals surface area contributed by atoms with Crippen molar-refractivity contribution in [1.82, 2.24) is 24.5 Å². The fraction of sp³-hybridized carbons (Fsp3) is 0.167. The highest BCUT2D eigenvalue weighted by molar-refractivity contribution is 6.35. The second-order valence-electron chi connectivity index (χ2n) is 7.55. The Hall–Kier alpha value is -3.71. The van der Waals surface area contributed by atoms with Crippen molar-refractivity contribution in [3.05, 3.63) is 83.7 Å². The van der Waals surface area contributed by atoms with Gasteiger partial charge in [-0.05, 0) is 42.1 Å². The van der Waals surface area contributed by atoms with Crippen LogP contribution in [0.3, 0.4) is 0 Å². The van der Waals surface area contributed by atoms with Gasteiger partial charge in [0, 0.05) is 16.6 Å².